The van der Waals surface area contributed by atoms with Gasteiger partial charge < -0.3 is 10.5 Å². The molecule has 0 saturated carbocycles. The number of nitrogens with zero attached hydrogens (tertiary/aromatic N) is 2. The molecule has 1 rings (SSSR count). The van der Waals surface area contributed by atoms with E-state index in [1.54, 1.807) is 0 Å². The summed E-state index contributed by atoms with van der Waals surface area (Å²) < 4.78 is 39.6. The smallest absolute Gasteiger partial charge is 0.422 e. The number of carbonyl (C=O) groups is 1. The number of ether oxygens (including phenoxy) is 1. The van der Waals surface area contributed by atoms with Crippen molar-refractivity contribution in [3.63, 3.8) is 0 Å². The highest BCUT2D eigenvalue weighted by Gasteiger charge is 2.29. The highest BCUT2D eigenvalue weighted by molar-refractivity contribution is 5.92. The normalized spacial score (nSPS) is 11.1. The first kappa shape index (κ1) is 11.2. The number of rotatable bonds is 3. The van der Waals surface area contributed by atoms with Crippen LogP contribution in [0.2, 0.25) is 0 Å². The Hall–Kier alpha value is -1.86. The Morgan fingerprint density at radius 3 is 2.53 bits per heavy atom. The second-order valence-corrected chi connectivity index (χ2v) is 2.48. The third-order valence-electron chi connectivity index (χ3n) is 1.27. The molecule has 0 aliphatic carbocycles. The maximum atomic E-state index is 11.8. The molecular formula is C7H6F3N3O2. The van der Waals surface area contributed by atoms with Gasteiger partial charge in [0, 0.05) is 12.4 Å². The first-order chi connectivity index (χ1) is 6.90. The van der Waals surface area contributed by atoms with Crippen molar-refractivity contribution >= 4 is 5.91 Å². The number of halogens is 3. The van der Waals surface area contributed by atoms with Crippen LogP contribution in [0, 0.1) is 0 Å². The van der Waals surface area contributed by atoms with Gasteiger partial charge in [-0.15, -0.1) is 0 Å². The highest BCUT2D eigenvalue weighted by atomic mass is 19.4. The van der Waals surface area contributed by atoms with Gasteiger partial charge in [-0.05, 0) is 0 Å². The molecule has 1 heterocycles. The quantitative estimate of drug-likeness (QED) is 0.806. The molecule has 0 aliphatic rings. The van der Waals surface area contributed by atoms with E-state index in [-0.39, 0.29) is 0 Å². The van der Waals surface area contributed by atoms with Crippen LogP contribution in [-0.2, 0) is 0 Å². The lowest BCUT2D eigenvalue weighted by molar-refractivity contribution is -0.154. The summed E-state index contributed by atoms with van der Waals surface area (Å²) in [5, 5.41) is 0. The number of carbonyl (C=O) groups excluding carboxylic acids is 1. The minimum Gasteiger partial charge on any atom is -0.466 e. The molecule has 0 aliphatic heterocycles. The van der Waals surface area contributed by atoms with Crippen LogP contribution in [0.3, 0.4) is 0 Å². The summed E-state index contributed by atoms with van der Waals surface area (Å²) in [4.78, 5) is 17.6. The minimum atomic E-state index is -4.51. The Morgan fingerprint density at radius 1 is 1.40 bits per heavy atom. The van der Waals surface area contributed by atoms with E-state index in [9.17, 15) is 18.0 Å². The van der Waals surface area contributed by atoms with Gasteiger partial charge in [-0.1, -0.05) is 0 Å². The number of aromatic nitrogens is 2. The topological polar surface area (TPSA) is 78.1 Å². The third kappa shape index (κ3) is 3.41. The maximum absolute atomic E-state index is 11.8. The summed E-state index contributed by atoms with van der Waals surface area (Å²) in [5.41, 5.74) is 4.42. The first-order valence-electron chi connectivity index (χ1n) is 3.70. The van der Waals surface area contributed by atoms with Crippen molar-refractivity contribution in [2.45, 2.75) is 6.18 Å². The molecule has 15 heavy (non-hydrogen) atoms. The van der Waals surface area contributed by atoms with E-state index in [2.05, 4.69) is 14.7 Å². The van der Waals surface area contributed by atoms with E-state index in [1.807, 2.05) is 0 Å². The van der Waals surface area contributed by atoms with Crippen LogP contribution in [0.1, 0.15) is 10.5 Å². The van der Waals surface area contributed by atoms with Gasteiger partial charge >= 0.3 is 6.18 Å². The fourth-order valence-corrected chi connectivity index (χ4v) is 0.750. The fourth-order valence-electron chi connectivity index (χ4n) is 0.750. The molecule has 0 bridgehead atoms. The molecule has 0 unspecified atom stereocenters. The van der Waals surface area contributed by atoms with E-state index >= 15 is 0 Å². The van der Waals surface area contributed by atoms with Gasteiger partial charge in [0.2, 0.25) is 5.88 Å². The molecule has 0 fully saturated rings. The number of hydrogen-bond donors (Lipinski definition) is 1. The second kappa shape index (κ2) is 4.11. The van der Waals surface area contributed by atoms with E-state index in [0.717, 1.165) is 12.4 Å². The van der Waals surface area contributed by atoms with Gasteiger partial charge in [0.15, 0.2) is 12.3 Å². The average molecular weight is 221 g/mol. The summed E-state index contributed by atoms with van der Waals surface area (Å²) in [7, 11) is 0. The third-order valence-corrected chi connectivity index (χ3v) is 1.27. The summed E-state index contributed by atoms with van der Waals surface area (Å²) >= 11 is 0. The summed E-state index contributed by atoms with van der Waals surface area (Å²) in [6.07, 6.45) is -2.29. The molecule has 82 valence electrons. The molecule has 5 nitrogen and oxygen atoms in total. The predicted octanol–water partition coefficient (Wildman–Crippen LogP) is 0.517. The number of hydrogen-bond acceptors (Lipinski definition) is 4. The molecule has 0 spiro atoms. The van der Waals surface area contributed by atoms with Gasteiger partial charge in [-0.2, -0.15) is 13.2 Å². The zero-order valence-corrected chi connectivity index (χ0v) is 7.28. The van der Waals surface area contributed by atoms with Crippen molar-refractivity contribution in [3.05, 3.63) is 18.1 Å². The molecule has 0 saturated heterocycles. The standard InChI is InChI=1S/C7H6F3N3O2/c8-7(9,10)3-15-6-4(5(11)14)12-1-2-13-6/h1-2H,3H2,(H2,11,14). The first-order valence-corrected chi connectivity index (χ1v) is 3.70. The van der Waals surface area contributed by atoms with Crippen LogP contribution in [0.15, 0.2) is 12.4 Å². The molecule has 0 aromatic carbocycles. The van der Waals surface area contributed by atoms with E-state index in [1.165, 1.54) is 0 Å². The molecule has 8 heteroatoms. The highest BCUT2D eigenvalue weighted by Crippen LogP contribution is 2.18. The second-order valence-electron chi connectivity index (χ2n) is 2.48. The lowest BCUT2D eigenvalue weighted by atomic mass is 10.4. The molecule has 1 aromatic rings. The number of nitrogens with two attached hydrogens (primary N) is 1. The van der Waals surface area contributed by atoms with Crippen molar-refractivity contribution in [1.29, 1.82) is 0 Å². The largest absolute Gasteiger partial charge is 0.466 e. The van der Waals surface area contributed by atoms with Crippen LogP contribution in [0.4, 0.5) is 13.2 Å². The van der Waals surface area contributed by atoms with Gasteiger partial charge in [-0.3, -0.25) is 4.79 Å². The molecular weight excluding hydrogens is 215 g/mol. The van der Waals surface area contributed by atoms with Gasteiger partial charge in [-0.25, -0.2) is 9.97 Å². The van der Waals surface area contributed by atoms with Gasteiger partial charge in [0.1, 0.15) is 0 Å². The lowest BCUT2D eigenvalue weighted by Crippen LogP contribution is -2.22. The Kier molecular flexibility index (Phi) is 3.08. The molecule has 1 aromatic heterocycles. The van der Waals surface area contributed by atoms with Crippen LogP contribution in [-0.4, -0.2) is 28.7 Å². The van der Waals surface area contributed by atoms with E-state index in [0.29, 0.717) is 0 Å². The van der Waals surface area contributed by atoms with Crippen LogP contribution >= 0.6 is 0 Å². The minimum absolute atomic E-state index is 0.429. The Balaban J connectivity index is 2.81. The number of amides is 1. The Labute approximate surface area is 82.1 Å². The SMILES string of the molecule is NC(=O)c1nccnc1OCC(F)(F)F. The van der Waals surface area contributed by atoms with Crippen molar-refractivity contribution < 1.29 is 22.7 Å². The van der Waals surface area contributed by atoms with Crippen molar-refractivity contribution in [3.8, 4) is 5.88 Å². The number of primary amides is 1. The van der Waals surface area contributed by atoms with Crippen molar-refractivity contribution in [2.75, 3.05) is 6.61 Å². The summed E-state index contributed by atoms with van der Waals surface area (Å²) in [5.74, 6) is -1.53. The molecule has 0 atom stereocenters. The van der Waals surface area contributed by atoms with E-state index < -0.39 is 30.3 Å². The zero-order valence-electron chi connectivity index (χ0n) is 7.28. The van der Waals surface area contributed by atoms with Crippen molar-refractivity contribution in [2.24, 2.45) is 5.73 Å². The number of alkyl halides is 3. The zero-order chi connectivity index (χ0) is 11.5. The maximum Gasteiger partial charge on any atom is 0.422 e. The summed E-state index contributed by atoms with van der Waals surface area (Å²) in [6, 6.07) is 0. The monoisotopic (exact) mass is 221 g/mol. The van der Waals surface area contributed by atoms with Crippen LogP contribution < -0.4 is 10.5 Å². The lowest BCUT2D eigenvalue weighted by Gasteiger charge is -2.09. The Bertz CT molecular complexity index is 367. The van der Waals surface area contributed by atoms with Crippen LogP contribution in [0.5, 0.6) is 5.88 Å². The van der Waals surface area contributed by atoms with Crippen molar-refractivity contribution in [1.82, 2.24) is 9.97 Å². The molecule has 1 amide bonds. The van der Waals surface area contributed by atoms with Gasteiger partial charge in [0.25, 0.3) is 5.91 Å². The Morgan fingerprint density at radius 2 is 2.00 bits per heavy atom. The molecule has 0 radical (unpaired) electrons. The fraction of sp³-hybridized carbons (Fsp3) is 0.286. The van der Waals surface area contributed by atoms with Gasteiger partial charge in [0.05, 0.1) is 0 Å². The summed E-state index contributed by atoms with van der Waals surface area (Å²) in [6.45, 7) is -1.55. The predicted molar refractivity (Wildman–Crippen MR) is 42.1 cm³/mol. The average Bonchev–Trinajstić information content (AvgIpc) is 2.14. The van der Waals surface area contributed by atoms with E-state index in [4.69, 9.17) is 5.73 Å². The molecule has 2 N–H and O–H groups in total. The van der Waals surface area contributed by atoms with Crippen LogP contribution in [0.25, 0.3) is 0 Å².